The van der Waals surface area contributed by atoms with Gasteiger partial charge in [0.15, 0.2) is 0 Å². The Kier molecular flexibility index (Phi) is 7.59. The summed E-state index contributed by atoms with van der Waals surface area (Å²) >= 11 is 0. The molecule has 0 saturated heterocycles. The summed E-state index contributed by atoms with van der Waals surface area (Å²) in [5, 5.41) is 11.5. The average molecular weight is 258 g/mol. The molecule has 0 aliphatic heterocycles. The van der Waals surface area contributed by atoms with Crippen LogP contribution in [0.5, 0.6) is 0 Å². The Balaban J connectivity index is 4.34. The minimum Gasteiger partial charge on any atom is -0.480 e. The molecule has 2 atom stereocenters. The fourth-order valence-corrected chi connectivity index (χ4v) is 1.94. The number of carbonyl (C=O) groups is 2. The van der Waals surface area contributed by atoms with Crippen molar-refractivity contribution in [3.05, 3.63) is 0 Å². The van der Waals surface area contributed by atoms with E-state index in [1.807, 2.05) is 0 Å². The second-order valence-electron chi connectivity index (χ2n) is 5.56. The average Bonchev–Trinajstić information content (AvgIpc) is 2.23. The quantitative estimate of drug-likeness (QED) is 0.610. The standard InChI is InChI=1S/C13H26N2O3/c1-8(2)5-10(7-14)6-11(16)15-12(9(3)4)13(17)18/h8-10,12H,5-7,14H2,1-4H3,(H,15,16)(H,17,18)/t10-,12-/m0/s1. The molecule has 5 heteroatoms. The molecule has 0 unspecified atom stereocenters. The van der Waals surface area contributed by atoms with E-state index >= 15 is 0 Å². The number of carboxylic acid groups (broad SMARTS) is 1. The van der Waals surface area contributed by atoms with Crippen LogP contribution in [0.3, 0.4) is 0 Å². The lowest BCUT2D eigenvalue weighted by atomic mass is 9.93. The second-order valence-corrected chi connectivity index (χ2v) is 5.56. The highest BCUT2D eigenvalue weighted by Crippen LogP contribution is 2.14. The number of aliphatic carboxylic acids is 1. The molecule has 0 bridgehead atoms. The van der Waals surface area contributed by atoms with Crippen LogP contribution in [0.1, 0.15) is 40.5 Å². The molecule has 0 aromatic carbocycles. The molecule has 0 rings (SSSR count). The molecular weight excluding hydrogens is 232 g/mol. The Morgan fingerprint density at radius 2 is 1.78 bits per heavy atom. The molecule has 106 valence electrons. The van der Waals surface area contributed by atoms with Crippen molar-refractivity contribution in [1.82, 2.24) is 5.32 Å². The summed E-state index contributed by atoms with van der Waals surface area (Å²) in [5.41, 5.74) is 5.62. The summed E-state index contributed by atoms with van der Waals surface area (Å²) in [4.78, 5) is 22.8. The summed E-state index contributed by atoms with van der Waals surface area (Å²) < 4.78 is 0. The summed E-state index contributed by atoms with van der Waals surface area (Å²) in [6.45, 7) is 8.15. The van der Waals surface area contributed by atoms with Crippen LogP contribution in [-0.2, 0) is 9.59 Å². The lowest BCUT2D eigenvalue weighted by molar-refractivity contribution is -0.143. The van der Waals surface area contributed by atoms with Crippen LogP contribution in [0.25, 0.3) is 0 Å². The maximum atomic E-state index is 11.8. The Morgan fingerprint density at radius 1 is 1.22 bits per heavy atom. The number of hydrogen-bond donors (Lipinski definition) is 3. The van der Waals surface area contributed by atoms with Gasteiger partial charge in [0.2, 0.25) is 5.91 Å². The number of nitrogens with one attached hydrogen (secondary N) is 1. The minimum atomic E-state index is -0.994. The summed E-state index contributed by atoms with van der Waals surface area (Å²) in [6.07, 6.45) is 1.18. The number of carboxylic acids is 1. The first kappa shape index (κ1) is 16.9. The zero-order valence-electron chi connectivity index (χ0n) is 11.8. The number of rotatable bonds is 8. The van der Waals surface area contributed by atoms with Crippen LogP contribution >= 0.6 is 0 Å². The zero-order chi connectivity index (χ0) is 14.3. The molecule has 0 fully saturated rings. The Labute approximate surface area is 109 Å². The smallest absolute Gasteiger partial charge is 0.326 e. The minimum absolute atomic E-state index is 0.117. The maximum absolute atomic E-state index is 11.8. The molecule has 18 heavy (non-hydrogen) atoms. The fraction of sp³-hybridized carbons (Fsp3) is 0.846. The molecule has 5 nitrogen and oxygen atoms in total. The SMILES string of the molecule is CC(C)C[C@H](CN)CC(=O)N[C@H](C(=O)O)C(C)C. The molecule has 0 heterocycles. The predicted octanol–water partition coefficient (Wildman–Crippen LogP) is 1.22. The fourth-order valence-electron chi connectivity index (χ4n) is 1.94. The van der Waals surface area contributed by atoms with Crippen molar-refractivity contribution in [2.45, 2.75) is 46.6 Å². The van der Waals surface area contributed by atoms with Crippen LogP contribution in [0.15, 0.2) is 0 Å². The largest absolute Gasteiger partial charge is 0.480 e. The molecule has 0 radical (unpaired) electrons. The van der Waals surface area contributed by atoms with E-state index in [-0.39, 0.29) is 17.7 Å². The van der Waals surface area contributed by atoms with Crippen molar-refractivity contribution in [1.29, 1.82) is 0 Å². The van der Waals surface area contributed by atoms with Crippen molar-refractivity contribution in [2.75, 3.05) is 6.54 Å². The van der Waals surface area contributed by atoms with E-state index < -0.39 is 12.0 Å². The normalized spacial score (nSPS) is 14.6. The van der Waals surface area contributed by atoms with Gasteiger partial charge in [-0.25, -0.2) is 4.79 Å². The Morgan fingerprint density at radius 3 is 2.11 bits per heavy atom. The highest BCUT2D eigenvalue weighted by molar-refractivity contribution is 5.83. The second kappa shape index (κ2) is 8.08. The van der Waals surface area contributed by atoms with E-state index in [1.54, 1.807) is 13.8 Å². The molecule has 0 spiro atoms. The van der Waals surface area contributed by atoms with Gasteiger partial charge in [0, 0.05) is 6.42 Å². The maximum Gasteiger partial charge on any atom is 0.326 e. The van der Waals surface area contributed by atoms with Gasteiger partial charge in [-0.15, -0.1) is 0 Å². The Hall–Kier alpha value is -1.10. The number of carbonyl (C=O) groups excluding carboxylic acids is 1. The van der Waals surface area contributed by atoms with Gasteiger partial charge in [-0.05, 0) is 30.7 Å². The van der Waals surface area contributed by atoms with E-state index in [1.165, 1.54) is 0 Å². The summed E-state index contributed by atoms with van der Waals surface area (Å²) in [5.74, 6) is -0.759. The third kappa shape index (κ3) is 6.59. The molecule has 0 aromatic heterocycles. The van der Waals surface area contributed by atoms with Crippen LogP contribution in [-0.4, -0.2) is 29.6 Å². The van der Waals surface area contributed by atoms with Crippen LogP contribution < -0.4 is 11.1 Å². The summed E-state index contributed by atoms with van der Waals surface area (Å²) in [6, 6.07) is -0.824. The molecule has 0 aliphatic rings. The van der Waals surface area contributed by atoms with Gasteiger partial charge in [0.05, 0.1) is 0 Å². The third-order valence-electron chi connectivity index (χ3n) is 2.86. The topological polar surface area (TPSA) is 92.4 Å². The van der Waals surface area contributed by atoms with Gasteiger partial charge < -0.3 is 16.2 Å². The predicted molar refractivity (Wildman–Crippen MR) is 71.0 cm³/mol. The first-order valence-corrected chi connectivity index (χ1v) is 6.50. The monoisotopic (exact) mass is 258 g/mol. The highest BCUT2D eigenvalue weighted by atomic mass is 16.4. The Bertz CT molecular complexity index is 277. The van der Waals surface area contributed by atoms with Gasteiger partial charge in [-0.3, -0.25) is 4.79 Å². The van der Waals surface area contributed by atoms with E-state index in [2.05, 4.69) is 19.2 Å². The van der Waals surface area contributed by atoms with Crippen LogP contribution in [0.4, 0.5) is 0 Å². The van der Waals surface area contributed by atoms with E-state index in [0.29, 0.717) is 18.9 Å². The third-order valence-corrected chi connectivity index (χ3v) is 2.86. The number of hydrogen-bond acceptors (Lipinski definition) is 3. The van der Waals surface area contributed by atoms with Gasteiger partial charge in [-0.1, -0.05) is 27.7 Å². The van der Waals surface area contributed by atoms with Crippen LogP contribution in [0.2, 0.25) is 0 Å². The lowest BCUT2D eigenvalue weighted by Crippen LogP contribution is -2.45. The van der Waals surface area contributed by atoms with Crippen molar-refractivity contribution >= 4 is 11.9 Å². The van der Waals surface area contributed by atoms with Gasteiger partial charge in [0.25, 0.3) is 0 Å². The van der Waals surface area contributed by atoms with Crippen molar-refractivity contribution in [3.8, 4) is 0 Å². The molecular formula is C13H26N2O3. The molecule has 4 N–H and O–H groups in total. The van der Waals surface area contributed by atoms with Crippen LogP contribution in [0, 0.1) is 17.8 Å². The number of nitrogens with two attached hydrogens (primary N) is 1. The summed E-state index contributed by atoms with van der Waals surface area (Å²) in [7, 11) is 0. The van der Waals surface area contributed by atoms with Gasteiger partial charge in [0.1, 0.15) is 6.04 Å². The van der Waals surface area contributed by atoms with Gasteiger partial charge in [-0.2, -0.15) is 0 Å². The lowest BCUT2D eigenvalue weighted by Gasteiger charge is -2.21. The molecule has 0 saturated carbocycles. The molecule has 0 aromatic rings. The van der Waals surface area contributed by atoms with Crippen molar-refractivity contribution in [3.63, 3.8) is 0 Å². The van der Waals surface area contributed by atoms with E-state index in [9.17, 15) is 9.59 Å². The van der Waals surface area contributed by atoms with Crippen molar-refractivity contribution in [2.24, 2.45) is 23.5 Å². The van der Waals surface area contributed by atoms with E-state index in [4.69, 9.17) is 10.8 Å². The van der Waals surface area contributed by atoms with E-state index in [0.717, 1.165) is 6.42 Å². The number of amides is 1. The van der Waals surface area contributed by atoms with Gasteiger partial charge >= 0.3 is 5.97 Å². The first-order chi connectivity index (χ1) is 8.27. The first-order valence-electron chi connectivity index (χ1n) is 6.50. The highest BCUT2D eigenvalue weighted by Gasteiger charge is 2.24. The molecule has 1 amide bonds. The van der Waals surface area contributed by atoms with Crippen molar-refractivity contribution < 1.29 is 14.7 Å². The zero-order valence-corrected chi connectivity index (χ0v) is 11.8. The molecule has 0 aliphatic carbocycles.